The number of furan rings is 1. The number of carbonyl (C=O) groups excluding carboxylic acids is 1. The smallest absolute Gasteiger partial charge is 0.335 e. The number of benzene rings is 1. The van der Waals surface area contributed by atoms with Gasteiger partial charge < -0.3 is 9.52 Å². The van der Waals surface area contributed by atoms with Gasteiger partial charge in [-0.25, -0.2) is 9.48 Å². The van der Waals surface area contributed by atoms with Gasteiger partial charge in [-0.1, -0.05) is 17.3 Å². The molecule has 0 saturated carbocycles. The highest BCUT2D eigenvalue weighted by Crippen LogP contribution is 2.22. The number of aldehydes is 1. The molecule has 7 nitrogen and oxygen atoms in total. The van der Waals surface area contributed by atoms with Crippen LogP contribution in [0.4, 0.5) is 0 Å². The van der Waals surface area contributed by atoms with Crippen LogP contribution in [0.2, 0.25) is 0 Å². The molecule has 0 spiro atoms. The largest absolute Gasteiger partial charge is 0.478 e. The summed E-state index contributed by atoms with van der Waals surface area (Å²) < 4.78 is 6.85. The monoisotopic (exact) mass is 297 g/mol. The minimum absolute atomic E-state index is 0.192. The number of carboxylic acids is 1. The summed E-state index contributed by atoms with van der Waals surface area (Å²) in [7, 11) is 0. The molecular formula is C15H11N3O4. The van der Waals surface area contributed by atoms with Crippen LogP contribution >= 0.6 is 0 Å². The van der Waals surface area contributed by atoms with Gasteiger partial charge in [0.05, 0.1) is 18.4 Å². The van der Waals surface area contributed by atoms with Crippen molar-refractivity contribution in [2.24, 2.45) is 0 Å². The third-order valence-corrected chi connectivity index (χ3v) is 3.16. The van der Waals surface area contributed by atoms with Crippen LogP contribution in [0, 0.1) is 0 Å². The van der Waals surface area contributed by atoms with E-state index in [9.17, 15) is 9.59 Å². The normalized spacial score (nSPS) is 10.5. The number of rotatable bonds is 5. The van der Waals surface area contributed by atoms with Crippen molar-refractivity contribution in [3.63, 3.8) is 0 Å². The van der Waals surface area contributed by atoms with Gasteiger partial charge in [0.15, 0.2) is 17.7 Å². The Hall–Kier alpha value is -3.22. The standard InChI is InChI=1S/C15H11N3O4/c19-9-12-14(13-2-1-7-22-13)18(17-16-12)8-10-3-5-11(6-4-10)15(20)21/h1-7,9H,8H2,(H,20,21). The Bertz CT molecular complexity index is 804. The maximum atomic E-state index is 11.1. The molecule has 0 fully saturated rings. The van der Waals surface area contributed by atoms with Gasteiger partial charge in [-0.05, 0) is 29.8 Å². The third-order valence-electron chi connectivity index (χ3n) is 3.16. The molecule has 2 heterocycles. The minimum Gasteiger partial charge on any atom is -0.478 e. The summed E-state index contributed by atoms with van der Waals surface area (Å²) in [4.78, 5) is 21.9. The van der Waals surface area contributed by atoms with Crippen LogP contribution in [0.25, 0.3) is 11.5 Å². The fourth-order valence-corrected chi connectivity index (χ4v) is 2.11. The highest BCUT2D eigenvalue weighted by atomic mass is 16.4. The lowest BCUT2D eigenvalue weighted by Gasteiger charge is -2.05. The Labute approximate surface area is 124 Å². The molecule has 0 bridgehead atoms. The van der Waals surface area contributed by atoms with Gasteiger partial charge in [-0.3, -0.25) is 4.79 Å². The van der Waals surface area contributed by atoms with Crippen LogP contribution in [0.15, 0.2) is 47.1 Å². The number of aromatic nitrogens is 3. The second-order valence-corrected chi connectivity index (χ2v) is 4.58. The Kier molecular flexibility index (Phi) is 3.53. The SMILES string of the molecule is O=Cc1nnn(Cc2ccc(C(=O)O)cc2)c1-c1ccco1. The maximum Gasteiger partial charge on any atom is 0.335 e. The number of aromatic carboxylic acids is 1. The highest BCUT2D eigenvalue weighted by Gasteiger charge is 2.17. The van der Waals surface area contributed by atoms with Crippen molar-refractivity contribution in [3.8, 4) is 11.5 Å². The average molecular weight is 297 g/mol. The molecule has 0 atom stereocenters. The summed E-state index contributed by atoms with van der Waals surface area (Å²) in [6, 6.07) is 9.84. The van der Waals surface area contributed by atoms with Gasteiger partial charge >= 0.3 is 5.97 Å². The zero-order chi connectivity index (χ0) is 15.5. The van der Waals surface area contributed by atoms with Crippen molar-refractivity contribution in [1.82, 2.24) is 15.0 Å². The molecule has 22 heavy (non-hydrogen) atoms. The van der Waals surface area contributed by atoms with E-state index in [0.29, 0.717) is 24.3 Å². The van der Waals surface area contributed by atoms with Crippen LogP contribution in [0.1, 0.15) is 26.4 Å². The summed E-state index contributed by atoms with van der Waals surface area (Å²) in [6.07, 6.45) is 2.12. The number of nitrogens with zero attached hydrogens (tertiary/aromatic N) is 3. The van der Waals surface area contributed by atoms with E-state index in [0.717, 1.165) is 5.56 Å². The second-order valence-electron chi connectivity index (χ2n) is 4.58. The number of hydrogen-bond donors (Lipinski definition) is 1. The second kappa shape index (κ2) is 5.65. The summed E-state index contributed by atoms with van der Waals surface area (Å²) >= 11 is 0. The lowest BCUT2D eigenvalue weighted by molar-refractivity contribution is 0.0696. The molecule has 1 aromatic carbocycles. The predicted molar refractivity (Wildman–Crippen MR) is 75.6 cm³/mol. The van der Waals surface area contributed by atoms with Crippen LogP contribution in [-0.2, 0) is 6.54 Å². The highest BCUT2D eigenvalue weighted by molar-refractivity contribution is 5.87. The van der Waals surface area contributed by atoms with E-state index in [1.54, 1.807) is 28.9 Å². The zero-order valence-electron chi connectivity index (χ0n) is 11.3. The number of hydrogen-bond acceptors (Lipinski definition) is 5. The molecule has 3 rings (SSSR count). The van der Waals surface area contributed by atoms with E-state index < -0.39 is 5.97 Å². The van der Waals surface area contributed by atoms with Gasteiger partial charge in [-0.2, -0.15) is 0 Å². The molecule has 1 N–H and O–H groups in total. The quantitative estimate of drug-likeness (QED) is 0.724. The van der Waals surface area contributed by atoms with Crippen molar-refractivity contribution >= 4 is 12.3 Å². The van der Waals surface area contributed by atoms with E-state index in [-0.39, 0.29) is 11.3 Å². The van der Waals surface area contributed by atoms with E-state index in [1.807, 2.05) is 0 Å². The topological polar surface area (TPSA) is 98.2 Å². The Balaban J connectivity index is 1.94. The summed E-state index contributed by atoms with van der Waals surface area (Å²) in [6.45, 7) is 0.344. The van der Waals surface area contributed by atoms with Crippen molar-refractivity contribution in [2.45, 2.75) is 6.54 Å². The van der Waals surface area contributed by atoms with Crippen molar-refractivity contribution in [3.05, 3.63) is 59.5 Å². The molecule has 0 aliphatic carbocycles. The van der Waals surface area contributed by atoms with Gasteiger partial charge in [0.2, 0.25) is 0 Å². The summed E-state index contributed by atoms with van der Waals surface area (Å²) in [5.41, 5.74) is 1.72. The molecule has 7 heteroatoms. The first-order chi connectivity index (χ1) is 10.7. The molecule has 0 aliphatic heterocycles. The van der Waals surface area contributed by atoms with E-state index in [4.69, 9.17) is 9.52 Å². The summed E-state index contributed by atoms with van der Waals surface area (Å²) in [5.74, 6) is -0.485. The van der Waals surface area contributed by atoms with Gasteiger partial charge in [0.1, 0.15) is 5.69 Å². The first kappa shape index (κ1) is 13.7. The van der Waals surface area contributed by atoms with Crippen LogP contribution in [-0.4, -0.2) is 32.4 Å². The maximum absolute atomic E-state index is 11.1. The van der Waals surface area contributed by atoms with Gasteiger partial charge in [0, 0.05) is 0 Å². The van der Waals surface area contributed by atoms with Gasteiger partial charge in [0.25, 0.3) is 0 Å². The molecule has 110 valence electrons. The Morgan fingerprint density at radius 2 is 2.05 bits per heavy atom. The molecule has 0 aliphatic rings. The van der Waals surface area contributed by atoms with E-state index in [1.165, 1.54) is 18.4 Å². The van der Waals surface area contributed by atoms with Crippen LogP contribution < -0.4 is 0 Å². The van der Waals surface area contributed by atoms with Crippen molar-refractivity contribution in [2.75, 3.05) is 0 Å². The van der Waals surface area contributed by atoms with Gasteiger partial charge in [-0.15, -0.1) is 5.10 Å². The molecule has 0 saturated heterocycles. The number of carboxylic acid groups (broad SMARTS) is 1. The fourth-order valence-electron chi connectivity index (χ4n) is 2.11. The molecule has 0 amide bonds. The lowest BCUT2D eigenvalue weighted by Crippen LogP contribution is -2.05. The van der Waals surface area contributed by atoms with Crippen LogP contribution in [0.5, 0.6) is 0 Å². The average Bonchev–Trinajstić information content (AvgIpc) is 3.16. The first-order valence-corrected chi connectivity index (χ1v) is 6.44. The Morgan fingerprint density at radius 1 is 1.27 bits per heavy atom. The summed E-state index contributed by atoms with van der Waals surface area (Å²) in [5, 5.41) is 16.7. The molecule has 2 aromatic heterocycles. The predicted octanol–water partition coefficient (Wildman–Crippen LogP) is 2.10. The molecule has 3 aromatic rings. The van der Waals surface area contributed by atoms with E-state index in [2.05, 4.69) is 10.3 Å². The van der Waals surface area contributed by atoms with Crippen molar-refractivity contribution in [1.29, 1.82) is 0 Å². The molecule has 0 unspecified atom stereocenters. The third kappa shape index (κ3) is 2.51. The first-order valence-electron chi connectivity index (χ1n) is 6.44. The lowest BCUT2D eigenvalue weighted by atomic mass is 10.1. The Morgan fingerprint density at radius 3 is 2.64 bits per heavy atom. The fraction of sp³-hybridized carbons (Fsp3) is 0.0667. The minimum atomic E-state index is -0.980. The molecular weight excluding hydrogens is 286 g/mol. The van der Waals surface area contributed by atoms with E-state index >= 15 is 0 Å². The molecule has 0 radical (unpaired) electrons. The number of carbonyl (C=O) groups is 2. The van der Waals surface area contributed by atoms with Crippen molar-refractivity contribution < 1.29 is 19.1 Å². The zero-order valence-corrected chi connectivity index (χ0v) is 11.3. The van der Waals surface area contributed by atoms with Crippen LogP contribution in [0.3, 0.4) is 0 Å².